The van der Waals surface area contributed by atoms with Gasteiger partial charge in [-0.25, -0.2) is 4.98 Å². The van der Waals surface area contributed by atoms with E-state index in [1.807, 2.05) is 23.6 Å². The molecule has 0 aliphatic carbocycles. The SMILES string of the molecule is C=CC(=O)N(Cc1csc(CC)n1)c1cccc2c1OCCO2. The number of anilines is 1. The van der Waals surface area contributed by atoms with Crippen molar-refractivity contribution in [3.05, 3.63) is 46.9 Å². The van der Waals surface area contributed by atoms with Crippen molar-refractivity contribution in [1.82, 2.24) is 4.98 Å². The lowest BCUT2D eigenvalue weighted by atomic mass is 10.2. The number of benzene rings is 1. The monoisotopic (exact) mass is 330 g/mol. The van der Waals surface area contributed by atoms with Crippen molar-refractivity contribution in [2.75, 3.05) is 18.1 Å². The summed E-state index contributed by atoms with van der Waals surface area (Å²) in [7, 11) is 0. The molecule has 6 heteroatoms. The van der Waals surface area contributed by atoms with Crippen LogP contribution in [-0.2, 0) is 17.8 Å². The first-order valence-corrected chi connectivity index (χ1v) is 8.36. The van der Waals surface area contributed by atoms with Crippen LogP contribution in [0.4, 0.5) is 5.69 Å². The Hall–Kier alpha value is -2.34. The summed E-state index contributed by atoms with van der Waals surface area (Å²) < 4.78 is 11.3. The number of aromatic nitrogens is 1. The highest BCUT2D eigenvalue weighted by atomic mass is 32.1. The second-order valence-electron chi connectivity index (χ2n) is 5.02. The molecule has 0 fully saturated rings. The van der Waals surface area contributed by atoms with Gasteiger partial charge >= 0.3 is 0 Å². The average Bonchev–Trinajstić information content (AvgIpc) is 3.06. The van der Waals surface area contributed by atoms with Gasteiger partial charge in [0.15, 0.2) is 11.5 Å². The summed E-state index contributed by atoms with van der Waals surface area (Å²) >= 11 is 1.60. The predicted octanol–water partition coefficient (Wildman–Crippen LogP) is 3.20. The summed E-state index contributed by atoms with van der Waals surface area (Å²) in [6.07, 6.45) is 2.19. The predicted molar refractivity (Wildman–Crippen MR) is 90.3 cm³/mol. The molecular weight excluding hydrogens is 312 g/mol. The van der Waals surface area contributed by atoms with Gasteiger partial charge in [-0.2, -0.15) is 0 Å². The van der Waals surface area contributed by atoms with E-state index in [0.29, 0.717) is 36.9 Å². The molecule has 0 radical (unpaired) electrons. The number of fused-ring (bicyclic) bond motifs is 1. The van der Waals surface area contributed by atoms with Crippen LogP contribution in [0, 0.1) is 0 Å². The van der Waals surface area contributed by atoms with Gasteiger partial charge in [-0.3, -0.25) is 9.69 Å². The number of carbonyl (C=O) groups excluding carboxylic acids is 1. The number of aryl methyl sites for hydroxylation is 1. The van der Waals surface area contributed by atoms with E-state index in [9.17, 15) is 4.79 Å². The Morgan fingerprint density at radius 2 is 2.26 bits per heavy atom. The van der Waals surface area contributed by atoms with Gasteiger partial charge in [0.1, 0.15) is 13.2 Å². The van der Waals surface area contributed by atoms with E-state index in [4.69, 9.17) is 9.47 Å². The number of nitrogens with zero attached hydrogens (tertiary/aromatic N) is 2. The van der Waals surface area contributed by atoms with Crippen LogP contribution in [0.15, 0.2) is 36.2 Å². The molecule has 2 aromatic rings. The number of hydrogen-bond acceptors (Lipinski definition) is 5. The van der Waals surface area contributed by atoms with Crippen molar-refractivity contribution in [3.8, 4) is 11.5 Å². The lowest BCUT2D eigenvalue weighted by molar-refractivity contribution is -0.114. The molecule has 2 heterocycles. The van der Waals surface area contributed by atoms with Gasteiger partial charge in [0, 0.05) is 5.38 Å². The van der Waals surface area contributed by atoms with Gasteiger partial charge in [-0.1, -0.05) is 19.6 Å². The molecule has 1 aromatic heterocycles. The highest BCUT2D eigenvalue weighted by molar-refractivity contribution is 7.09. The van der Waals surface area contributed by atoms with Gasteiger partial charge in [-0.05, 0) is 24.6 Å². The molecule has 1 aliphatic heterocycles. The Morgan fingerprint density at radius 1 is 1.43 bits per heavy atom. The quantitative estimate of drug-likeness (QED) is 0.790. The number of ether oxygens (including phenoxy) is 2. The van der Waals surface area contributed by atoms with Gasteiger partial charge in [0.25, 0.3) is 5.91 Å². The number of hydrogen-bond donors (Lipinski definition) is 0. The van der Waals surface area contributed by atoms with E-state index in [2.05, 4.69) is 18.5 Å². The maximum absolute atomic E-state index is 12.4. The first-order valence-electron chi connectivity index (χ1n) is 7.48. The zero-order valence-corrected chi connectivity index (χ0v) is 13.8. The molecule has 0 saturated heterocycles. The zero-order chi connectivity index (χ0) is 16.2. The van der Waals surface area contributed by atoms with Crippen LogP contribution in [0.25, 0.3) is 0 Å². The molecule has 0 unspecified atom stereocenters. The third-order valence-electron chi connectivity index (χ3n) is 3.50. The second kappa shape index (κ2) is 6.83. The minimum Gasteiger partial charge on any atom is -0.486 e. The third kappa shape index (κ3) is 3.22. The number of amides is 1. The van der Waals surface area contributed by atoms with Crippen molar-refractivity contribution in [1.29, 1.82) is 0 Å². The highest BCUT2D eigenvalue weighted by Gasteiger charge is 2.23. The first-order chi connectivity index (χ1) is 11.2. The van der Waals surface area contributed by atoms with E-state index in [0.717, 1.165) is 17.1 Å². The molecule has 1 aliphatic rings. The Bertz CT molecular complexity index is 726. The summed E-state index contributed by atoms with van der Waals surface area (Å²) in [6.45, 7) is 7.02. The molecule has 120 valence electrons. The molecule has 3 rings (SSSR count). The molecular formula is C17H18N2O3S. The number of carbonyl (C=O) groups is 1. The smallest absolute Gasteiger partial charge is 0.250 e. The Labute approximate surface area is 139 Å². The molecule has 0 spiro atoms. The van der Waals surface area contributed by atoms with Crippen LogP contribution < -0.4 is 14.4 Å². The number of para-hydroxylation sites is 1. The van der Waals surface area contributed by atoms with Gasteiger partial charge in [-0.15, -0.1) is 11.3 Å². The van der Waals surface area contributed by atoms with Crippen LogP contribution in [0.1, 0.15) is 17.6 Å². The molecule has 0 N–H and O–H groups in total. The lowest BCUT2D eigenvalue weighted by Gasteiger charge is -2.27. The third-order valence-corrected chi connectivity index (χ3v) is 4.54. The molecule has 1 amide bonds. The van der Waals surface area contributed by atoms with Crippen LogP contribution in [-0.4, -0.2) is 24.1 Å². The lowest BCUT2D eigenvalue weighted by Crippen LogP contribution is -2.30. The summed E-state index contributed by atoms with van der Waals surface area (Å²) in [4.78, 5) is 18.5. The van der Waals surface area contributed by atoms with Gasteiger partial charge in [0.05, 0.1) is 22.9 Å². The van der Waals surface area contributed by atoms with E-state index in [1.165, 1.54) is 6.08 Å². The van der Waals surface area contributed by atoms with E-state index < -0.39 is 0 Å². The number of thiazole rings is 1. The fourth-order valence-corrected chi connectivity index (χ4v) is 3.14. The average molecular weight is 330 g/mol. The van der Waals surface area contributed by atoms with Crippen LogP contribution in [0.2, 0.25) is 0 Å². The molecule has 1 aromatic carbocycles. The van der Waals surface area contributed by atoms with Crippen LogP contribution in [0.3, 0.4) is 0 Å². The molecule has 5 nitrogen and oxygen atoms in total. The molecule has 0 saturated carbocycles. The minimum atomic E-state index is -0.196. The van der Waals surface area contributed by atoms with Crippen molar-refractivity contribution in [2.45, 2.75) is 19.9 Å². The summed E-state index contributed by atoms with van der Waals surface area (Å²) in [5, 5.41) is 3.04. The summed E-state index contributed by atoms with van der Waals surface area (Å²) in [6, 6.07) is 5.54. The van der Waals surface area contributed by atoms with Crippen molar-refractivity contribution in [3.63, 3.8) is 0 Å². The Kier molecular flexibility index (Phi) is 4.62. The van der Waals surface area contributed by atoms with Crippen molar-refractivity contribution >= 4 is 22.9 Å². The maximum atomic E-state index is 12.4. The van der Waals surface area contributed by atoms with Crippen LogP contribution in [0.5, 0.6) is 11.5 Å². The Balaban J connectivity index is 1.96. The van der Waals surface area contributed by atoms with Gasteiger partial charge < -0.3 is 9.47 Å². The molecule has 23 heavy (non-hydrogen) atoms. The topological polar surface area (TPSA) is 51.7 Å². The van der Waals surface area contributed by atoms with E-state index in [-0.39, 0.29) is 5.91 Å². The zero-order valence-electron chi connectivity index (χ0n) is 12.9. The molecule has 0 bridgehead atoms. The fraction of sp³-hybridized carbons (Fsp3) is 0.294. The number of rotatable bonds is 5. The highest BCUT2D eigenvalue weighted by Crippen LogP contribution is 2.40. The first kappa shape index (κ1) is 15.6. The van der Waals surface area contributed by atoms with Crippen LogP contribution >= 0.6 is 11.3 Å². The summed E-state index contributed by atoms with van der Waals surface area (Å²) in [5.41, 5.74) is 1.54. The van der Waals surface area contributed by atoms with E-state index >= 15 is 0 Å². The van der Waals surface area contributed by atoms with Gasteiger partial charge in [0.2, 0.25) is 0 Å². The fourth-order valence-electron chi connectivity index (χ4n) is 2.41. The standard InChI is InChI=1S/C17H18N2O3S/c1-3-15-18-12(11-23-15)10-19(16(20)4-2)13-6-5-7-14-17(13)22-9-8-21-14/h4-7,11H,2-3,8-10H2,1H3. The minimum absolute atomic E-state index is 0.196. The van der Waals surface area contributed by atoms with E-state index in [1.54, 1.807) is 16.2 Å². The largest absolute Gasteiger partial charge is 0.486 e. The Morgan fingerprint density at radius 3 is 3.00 bits per heavy atom. The molecule has 0 atom stereocenters. The van der Waals surface area contributed by atoms with Crippen molar-refractivity contribution in [2.24, 2.45) is 0 Å². The maximum Gasteiger partial charge on any atom is 0.250 e. The summed E-state index contributed by atoms with van der Waals surface area (Å²) in [5.74, 6) is 1.06. The normalized spacial score (nSPS) is 12.7. The second-order valence-corrected chi connectivity index (χ2v) is 5.96. The van der Waals surface area contributed by atoms with Crippen molar-refractivity contribution < 1.29 is 14.3 Å².